The third-order valence-corrected chi connectivity index (χ3v) is 2.88. The van der Waals surface area contributed by atoms with Gasteiger partial charge in [0.05, 0.1) is 0 Å². The highest BCUT2D eigenvalue weighted by molar-refractivity contribution is 5.82. The van der Waals surface area contributed by atoms with Crippen LogP contribution in [0.2, 0.25) is 0 Å². The van der Waals surface area contributed by atoms with Crippen molar-refractivity contribution in [2.24, 2.45) is 0 Å². The molecule has 0 radical (unpaired) electrons. The average molecular weight is 296 g/mol. The summed E-state index contributed by atoms with van der Waals surface area (Å²) in [6.45, 7) is 2.91. The van der Waals surface area contributed by atoms with Gasteiger partial charge in [0.25, 0.3) is 0 Å². The molecule has 2 aromatic rings. The topological polar surface area (TPSA) is 13.1 Å². The summed E-state index contributed by atoms with van der Waals surface area (Å²) in [5.41, 5.74) is -0.951. The van der Waals surface area contributed by atoms with Gasteiger partial charge in [-0.25, -0.2) is 0 Å². The molecule has 0 atom stereocenters. The molecule has 0 saturated heterocycles. The number of fused-ring (bicyclic) bond motifs is 1. The van der Waals surface area contributed by atoms with Gasteiger partial charge in [0.1, 0.15) is 11.3 Å². The molecular weight excluding hydrogens is 286 g/mol. The fourth-order valence-corrected chi connectivity index (χ4v) is 2.22. The summed E-state index contributed by atoms with van der Waals surface area (Å²) in [6, 6.07) is 3.77. The van der Waals surface area contributed by atoms with Gasteiger partial charge in [0.15, 0.2) is 5.92 Å². The van der Waals surface area contributed by atoms with Crippen molar-refractivity contribution in [3.05, 3.63) is 35.1 Å². The summed E-state index contributed by atoms with van der Waals surface area (Å²) in [5.74, 6) is -3.29. The number of alkyl halides is 6. The molecule has 1 heterocycles. The maximum absolute atomic E-state index is 12.8. The molecule has 1 nitrogen and oxygen atoms in total. The van der Waals surface area contributed by atoms with Crippen LogP contribution in [0.25, 0.3) is 11.0 Å². The molecule has 0 N–H and O–H groups in total. The lowest BCUT2D eigenvalue weighted by Gasteiger charge is -2.23. The molecule has 2 rings (SSSR count). The van der Waals surface area contributed by atoms with Crippen molar-refractivity contribution in [2.45, 2.75) is 32.1 Å². The van der Waals surface area contributed by atoms with Crippen LogP contribution < -0.4 is 0 Å². The maximum Gasteiger partial charge on any atom is 0.404 e. The van der Waals surface area contributed by atoms with Crippen molar-refractivity contribution in [1.82, 2.24) is 0 Å². The van der Waals surface area contributed by atoms with Gasteiger partial charge in [0.2, 0.25) is 0 Å². The zero-order chi connectivity index (χ0) is 15.3. The zero-order valence-corrected chi connectivity index (χ0v) is 10.5. The summed E-state index contributed by atoms with van der Waals surface area (Å²) in [6.07, 6.45) is -10.9. The minimum atomic E-state index is -5.43. The zero-order valence-electron chi connectivity index (χ0n) is 10.5. The number of aryl methyl sites for hydroxylation is 2. The monoisotopic (exact) mass is 296 g/mol. The Balaban J connectivity index is 2.77. The maximum atomic E-state index is 12.8. The predicted molar refractivity (Wildman–Crippen MR) is 60.5 cm³/mol. The molecule has 0 unspecified atom stereocenters. The summed E-state index contributed by atoms with van der Waals surface area (Å²) < 4.78 is 81.9. The molecule has 0 saturated carbocycles. The summed E-state index contributed by atoms with van der Waals surface area (Å²) in [4.78, 5) is 0. The van der Waals surface area contributed by atoms with Crippen LogP contribution in [0.5, 0.6) is 0 Å². The van der Waals surface area contributed by atoms with Crippen LogP contribution in [0.4, 0.5) is 26.3 Å². The Morgan fingerprint density at radius 1 is 0.900 bits per heavy atom. The second-order valence-corrected chi connectivity index (χ2v) is 4.65. The Morgan fingerprint density at radius 2 is 1.45 bits per heavy atom. The first-order valence-corrected chi connectivity index (χ1v) is 5.64. The number of benzene rings is 1. The number of halogens is 6. The molecule has 0 aliphatic heterocycles. The minimum Gasteiger partial charge on any atom is -0.461 e. The summed E-state index contributed by atoms with van der Waals surface area (Å²) in [7, 11) is 0. The van der Waals surface area contributed by atoms with E-state index in [4.69, 9.17) is 4.42 Å². The number of hydrogen-bond donors (Lipinski definition) is 0. The Hall–Kier alpha value is -1.66. The molecule has 0 aliphatic carbocycles. The molecule has 0 amide bonds. The van der Waals surface area contributed by atoms with Gasteiger partial charge in [-0.2, -0.15) is 26.3 Å². The lowest BCUT2D eigenvalue weighted by molar-refractivity contribution is -0.253. The van der Waals surface area contributed by atoms with E-state index in [1.165, 1.54) is 26.0 Å². The lowest BCUT2D eigenvalue weighted by atomic mass is 9.94. The second-order valence-electron chi connectivity index (χ2n) is 4.65. The SMILES string of the molecule is Cc1cc(C(C(F)(F)F)C(F)(F)F)c2oc(C)cc2c1. The fraction of sp³-hybridized carbons (Fsp3) is 0.385. The fourth-order valence-electron chi connectivity index (χ4n) is 2.22. The lowest BCUT2D eigenvalue weighted by Crippen LogP contribution is -2.34. The van der Waals surface area contributed by atoms with Crippen molar-refractivity contribution in [3.8, 4) is 0 Å². The van der Waals surface area contributed by atoms with Crippen LogP contribution >= 0.6 is 0 Å². The van der Waals surface area contributed by atoms with Crippen LogP contribution in [-0.2, 0) is 0 Å². The van der Waals surface area contributed by atoms with Gasteiger partial charge in [-0.3, -0.25) is 0 Å². The van der Waals surface area contributed by atoms with E-state index < -0.39 is 23.8 Å². The molecule has 1 aromatic carbocycles. The van der Waals surface area contributed by atoms with E-state index >= 15 is 0 Å². The van der Waals surface area contributed by atoms with E-state index in [2.05, 4.69) is 0 Å². The highest BCUT2D eigenvalue weighted by Crippen LogP contribution is 2.48. The minimum absolute atomic E-state index is 0.232. The number of rotatable bonds is 1. The Labute approximate surface area is 110 Å². The van der Waals surface area contributed by atoms with Crippen molar-refractivity contribution in [2.75, 3.05) is 0 Å². The standard InChI is InChI=1S/C13H10F6O/c1-6-3-8-5-7(2)20-10(8)9(4-6)11(12(14,15)16)13(17,18)19/h3-5,11H,1-2H3. The van der Waals surface area contributed by atoms with Gasteiger partial charge in [-0.05, 0) is 31.5 Å². The highest BCUT2D eigenvalue weighted by Gasteiger charge is 2.58. The quantitative estimate of drug-likeness (QED) is 0.654. The highest BCUT2D eigenvalue weighted by atomic mass is 19.4. The van der Waals surface area contributed by atoms with Crippen molar-refractivity contribution in [1.29, 1.82) is 0 Å². The van der Waals surface area contributed by atoms with E-state index in [1.54, 1.807) is 0 Å². The van der Waals surface area contributed by atoms with Gasteiger partial charge < -0.3 is 4.42 Å². The first-order valence-electron chi connectivity index (χ1n) is 5.64. The van der Waals surface area contributed by atoms with Crippen molar-refractivity contribution < 1.29 is 30.8 Å². The van der Waals surface area contributed by atoms with Crippen LogP contribution in [-0.4, -0.2) is 12.4 Å². The Kier molecular flexibility index (Phi) is 3.26. The van der Waals surface area contributed by atoms with Gasteiger partial charge >= 0.3 is 12.4 Å². The predicted octanol–water partition coefficient (Wildman–Crippen LogP) is 5.26. The molecule has 0 bridgehead atoms. The van der Waals surface area contributed by atoms with Crippen LogP contribution in [0.1, 0.15) is 22.8 Å². The largest absolute Gasteiger partial charge is 0.461 e. The summed E-state index contributed by atoms with van der Waals surface area (Å²) in [5, 5.41) is 0.232. The average Bonchev–Trinajstić information content (AvgIpc) is 2.53. The third kappa shape index (κ3) is 2.62. The molecule has 7 heteroatoms. The third-order valence-electron chi connectivity index (χ3n) is 2.88. The molecular formula is C13H10F6O. The van der Waals surface area contributed by atoms with Crippen LogP contribution in [0.15, 0.2) is 22.6 Å². The molecule has 110 valence electrons. The molecule has 20 heavy (non-hydrogen) atoms. The van der Waals surface area contributed by atoms with E-state index in [9.17, 15) is 26.3 Å². The first-order chi connectivity index (χ1) is 9.00. The Morgan fingerprint density at radius 3 is 1.95 bits per heavy atom. The van der Waals surface area contributed by atoms with Gasteiger partial charge in [-0.15, -0.1) is 0 Å². The second kappa shape index (κ2) is 4.43. The first kappa shape index (κ1) is 14.7. The number of hydrogen-bond acceptors (Lipinski definition) is 1. The van der Waals surface area contributed by atoms with E-state index in [0.717, 1.165) is 6.07 Å². The van der Waals surface area contributed by atoms with Crippen LogP contribution in [0, 0.1) is 13.8 Å². The summed E-state index contributed by atoms with van der Waals surface area (Å²) >= 11 is 0. The molecule has 0 spiro atoms. The van der Waals surface area contributed by atoms with Crippen LogP contribution in [0.3, 0.4) is 0 Å². The van der Waals surface area contributed by atoms with E-state index in [0.29, 0.717) is 5.56 Å². The normalized spacial score (nSPS) is 13.4. The number of furan rings is 1. The van der Waals surface area contributed by atoms with E-state index in [-0.39, 0.29) is 16.7 Å². The van der Waals surface area contributed by atoms with Gasteiger partial charge in [0, 0.05) is 10.9 Å². The van der Waals surface area contributed by atoms with Crippen molar-refractivity contribution >= 4 is 11.0 Å². The smallest absolute Gasteiger partial charge is 0.404 e. The van der Waals surface area contributed by atoms with Gasteiger partial charge in [-0.1, -0.05) is 6.07 Å². The van der Waals surface area contributed by atoms with Crippen molar-refractivity contribution in [3.63, 3.8) is 0 Å². The Bertz CT molecular complexity index is 621. The van der Waals surface area contributed by atoms with E-state index in [1.807, 2.05) is 0 Å². The molecule has 0 fully saturated rings. The molecule has 1 aromatic heterocycles. The molecule has 0 aliphatic rings.